The Morgan fingerprint density at radius 3 is 2.52 bits per heavy atom. The summed E-state index contributed by atoms with van der Waals surface area (Å²) < 4.78 is 7.56. The molecule has 3 aromatic rings. The summed E-state index contributed by atoms with van der Waals surface area (Å²) in [5.74, 6) is 2.10. The van der Waals surface area contributed by atoms with Crippen molar-refractivity contribution < 1.29 is 4.52 Å². The van der Waals surface area contributed by atoms with Crippen molar-refractivity contribution in [3.8, 4) is 5.69 Å². The lowest BCUT2D eigenvalue weighted by Gasteiger charge is -2.19. The fraction of sp³-hybridized carbons (Fsp3) is 0.500. The number of nitrogens with zero attached hydrogens (tertiary/aromatic N) is 6. The molecule has 0 aliphatic carbocycles. The van der Waals surface area contributed by atoms with Crippen LogP contribution in [0.1, 0.15) is 57.5 Å². The summed E-state index contributed by atoms with van der Waals surface area (Å²) in [7, 11) is 0. The number of aromatic nitrogens is 5. The van der Waals surface area contributed by atoms with Crippen LogP contribution in [-0.2, 0) is 5.41 Å². The molecule has 154 valence electrons. The van der Waals surface area contributed by atoms with Crippen molar-refractivity contribution in [1.29, 1.82) is 0 Å². The van der Waals surface area contributed by atoms with E-state index in [9.17, 15) is 0 Å². The summed E-state index contributed by atoms with van der Waals surface area (Å²) in [5.41, 5.74) is 0.712. The van der Waals surface area contributed by atoms with Gasteiger partial charge >= 0.3 is 0 Å². The van der Waals surface area contributed by atoms with Gasteiger partial charge in [-0.15, -0.1) is 10.2 Å². The van der Waals surface area contributed by atoms with E-state index < -0.39 is 0 Å². The molecule has 0 N–H and O–H groups in total. The number of halogens is 1. The van der Waals surface area contributed by atoms with Crippen LogP contribution in [0.2, 0.25) is 5.02 Å². The number of hydrogen-bond acceptors (Lipinski definition) is 7. The van der Waals surface area contributed by atoms with Gasteiger partial charge in [-0.05, 0) is 31.9 Å². The third-order valence-electron chi connectivity index (χ3n) is 4.84. The number of hydrogen-bond donors (Lipinski definition) is 0. The first-order valence-corrected chi connectivity index (χ1v) is 11.1. The Bertz CT molecular complexity index is 989. The Kier molecular flexibility index (Phi) is 5.57. The second-order valence-electron chi connectivity index (χ2n) is 8.23. The molecule has 7 nitrogen and oxygen atoms in total. The topological polar surface area (TPSA) is 72.9 Å². The molecule has 1 aromatic carbocycles. The van der Waals surface area contributed by atoms with Crippen molar-refractivity contribution in [2.45, 2.75) is 56.4 Å². The lowest BCUT2D eigenvalue weighted by atomic mass is 9.96. The van der Waals surface area contributed by atoms with E-state index in [0.717, 1.165) is 42.7 Å². The molecule has 1 saturated heterocycles. The monoisotopic (exact) mass is 432 g/mol. The molecule has 3 heterocycles. The molecule has 0 spiro atoms. The van der Waals surface area contributed by atoms with Gasteiger partial charge in [0, 0.05) is 18.5 Å². The predicted molar refractivity (Wildman–Crippen MR) is 115 cm³/mol. The summed E-state index contributed by atoms with van der Waals surface area (Å²) in [5, 5.41) is 14.5. The Balaban J connectivity index is 1.68. The Morgan fingerprint density at radius 2 is 1.86 bits per heavy atom. The number of benzene rings is 1. The average Bonchev–Trinajstić information content (AvgIpc) is 3.42. The zero-order valence-corrected chi connectivity index (χ0v) is 18.7. The molecule has 0 bridgehead atoms. The highest BCUT2D eigenvalue weighted by Crippen LogP contribution is 2.38. The van der Waals surface area contributed by atoms with Crippen molar-refractivity contribution in [2.75, 3.05) is 18.0 Å². The molecule has 0 radical (unpaired) electrons. The number of thioether (sulfide) groups is 1. The van der Waals surface area contributed by atoms with Crippen molar-refractivity contribution in [3.05, 3.63) is 41.0 Å². The zero-order valence-electron chi connectivity index (χ0n) is 17.1. The van der Waals surface area contributed by atoms with Crippen LogP contribution in [0.4, 0.5) is 5.95 Å². The van der Waals surface area contributed by atoms with E-state index in [4.69, 9.17) is 16.1 Å². The van der Waals surface area contributed by atoms with E-state index in [0.29, 0.717) is 16.7 Å². The van der Waals surface area contributed by atoms with Gasteiger partial charge in [-0.25, -0.2) is 0 Å². The normalized spacial score (nSPS) is 15.8. The number of para-hydroxylation sites is 1. The van der Waals surface area contributed by atoms with Crippen LogP contribution in [0.25, 0.3) is 5.69 Å². The highest BCUT2D eigenvalue weighted by Gasteiger charge is 2.27. The number of anilines is 1. The summed E-state index contributed by atoms with van der Waals surface area (Å²) in [6, 6.07) is 7.77. The van der Waals surface area contributed by atoms with Crippen LogP contribution >= 0.6 is 23.4 Å². The van der Waals surface area contributed by atoms with Gasteiger partial charge in [-0.2, -0.15) is 4.98 Å². The van der Waals surface area contributed by atoms with Crippen LogP contribution in [-0.4, -0.2) is 38.0 Å². The highest BCUT2D eigenvalue weighted by molar-refractivity contribution is 7.99. The zero-order chi connectivity index (χ0) is 20.6. The molecule has 9 heteroatoms. The third-order valence-corrected chi connectivity index (χ3v) is 6.19. The van der Waals surface area contributed by atoms with E-state index >= 15 is 0 Å². The molecule has 0 saturated carbocycles. The summed E-state index contributed by atoms with van der Waals surface area (Å²) >= 11 is 8.07. The van der Waals surface area contributed by atoms with Gasteiger partial charge in [0.15, 0.2) is 11.0 Å². The van der Waals surface area contributed by atoms with Crippen molar-refractivity contribution >= 4 is 29.3 Å². The maximum Gasteiger partial charge on any atom is 0.239 e. The van der Waals surface area contributed by atoms with E-state index in [2.05, 4.69) is 46.0 Å². The predicted octanol–water partition coefficient (Wildman–Crippen LogP) is 5.05. The van der Waals surface area contributed by atoms with Crippen molar-refractivity contribution in [1.82, 2.24) is 24.9 Å². The van der Waals surface area contributed by atoms with Crippen LogP contribution in [0.3, 0.4) is 0 Å². The van der Waals surface area contributed by atoms with Gasteiger partial charge in [0.1, 0.15) is 0 Å². The Labute approximate surface area is 179 Å². The lowest BCUT2D eigenvalue weighted by Crippen LogP contribution is -2.22. The molecule has 1 aliphatic rings. The van der Waals surface area contributed by atoms with E-state index in [1.54, 1.807) is 0 Å². The average molecular weight is 433 g/mol. The fourth-order valence-corrected chi connectivity index (χ4v) is 4.32. The summed E-state index contributed by atoms with van der Waals surface area (Å²) in [4.78, 5) is 6.85. The van der Waals surface area contributed by atoms with Crippen LogP contribution in [0.5, 0.6) is 0 Å². The van der Waals surface area contributed by atoms with E-state index in [1.165, 1.54) is 11.8 Å². The number of rotatable bonds is 5. The maximum absolute atomic E-state index is 6.53. The molecule has 1 atom stereocenters. The minimum atomic E-state index is -0.160. The highest BCUT2D eigenvalue weighted by atomic mass is 35.5. The minimum Gasteiger partial charge on any atom is -0.341 e. The van der Waals surface area contributed by atoms with Crippen molar-refractivity contribution in [2.24, 2.45) is 0 Å². The summed E-state index contributed by atoms with van der Waals surface area (Å²) in [6.07, 6.45) is 2.32. The van der Waals surface area contributed by atoms with Gasteiger partial charge in [0.2, 0.25) is 11.8 Å². The molecule has 4 rings (SSSR count). The quantitative estimate of drug-likeness (QED) is 0.522. The third kappa shape index (κ3) is 4.14. The summed E-state index contributed by atoms with van der Waals surface area (Å²) in [6.45, 7) is 10.2. The molecule has 0 amide bonds. The second kappa shape index (κ2) is 7.99. The first-order valence-electron chi connectivity index (χ1n) is 9.80. The van der Waals surface area contributed by atoms with E-state index in [1.807, 2.05) is 35.8 Å². The first-order chi connectivity index (χ1) is 13.8. The molecule has 29 heavy (non-hydrogen) atoms. The van der Waals surface area contributed by atoms with Crippen LogP contribution in [0.15, 0.2) is 33.9 Å². The van der Waals surface area contributed by atoms with E-state index in [-0.39, 0.29) is 10.7 Å². The van der Waals surface area contributed by atoms with Gasteiger partial charge in [-0.1, -0.05) is 61.4 Å². The van der Waals surface area contributed by atoms with Gasteiger partial charge in [0.05, 0.1) is 16.0 Å². The fourth-order valence-electron chi connectivity index (χ4n) is 3.22. The van der Waals surface area contributed by atoms with Crippen LogP contribution in [0, 0.1) is 0 Å². The van der Waals surface area contributed by atoms with Crippen molar-refractivity contribution in [3.63, 3.8) is 0 Å². The maximum atomic E-state index is 6.53. The van der Waals surface area contributed by atoms with Crippen LogP contribution < -0.4 is 4.90 Å². The Morgan fingerprint density at radius 1 is 1.14 bits per heavy atom. The standard InChI is InChI=1S/C20H25ClN6OS/c1-13(16-22-17(25-28-16)20(2,3)4)29-19-24-23-18(26-11-7-8-12-26)27(19)15-10-6-5-9-14(15)21/h5-6,9-10,13H,7-8,11-12H2,1-4H3/t13-/m0/s1. The molecular weight excluding hydrogens is 408 g/mol. The van der Waals surface area contributed by atoms with Gasteiger partial charge in [-0.3, -0.25) is 4.57 Å². The lowest BCUT2D eigenvalue weighted by molar-refractivity contribution is 0.364. The molecule has 1 fully saturated rings. The molecule has 2 aromatic heterocycles. The minimum absolute atomic E-state index is 0.0736. The molecular formula is C20H25ClN6OS. The van der Waals surface area contributed by atoms with Gasteiger partial charge < -0.3 is 9.42 Å². The van der Waals surface area contributed by atoms with Gasteiger partial charge in [0.25, 0.3) is 0 Å². The smallest absolute Gasteiger partial charge is 0.239 e. The molecule has 0 unspecified atom stereocenters. The Hall–Kier alpha value is -2.06. The largest absolute Gasteiger partial charge is 0.341 e. The second-order valence-corrected chi connectivity index (χ2v) is 9.95. The SMILES string of the molecule is C[C@H](Sc1nnc(N2CCCC2)n1-c1ccccc1Cl)c1nc(C(C)(C)C)no1. The first kappa shape index (κ1) is 20.2. The molecule has 1 aliphatic heterocycles.